The third kappa shape index (κ3) is 4.40. The van der Waals surface area contributed by atoms with Crippen LogP contribution in [0, 0.1) is 6.92 Å². The van der Waals surface area contributed by atoms with E-state index in [1.807, 2.05) is 6.92 Å². The van der Waals surface area contributed by atoms with Crippen LogP contribution in [0.3, 0.4) is 0 Å². The smallest absolute Gasteiger partial charge is 0.223 e. The average Bonchev–Trinajstić information content (AvgIpc) is 3.17. The molecule has 6 nitrogen and oxygen atoms in total. The molecule has 1 atom stereocenters. The van der Waals surface area contributed by atoms with Crippen molar-refractivity contribution in [3.05, 3.63) is 27.8 Å². The molecular weight excluding hydrogens is 322 g/mol. The molecule has 1 saturated heterocycles. The highest BCUT2D eigenvalue weighted by atomic mass is 32.1. The van der Waals surface area contributed by atoms with Crippen LogP contribution in [0.15, 0.2) is 9.90 Å². The molecule has 2 aromatic rings. The van der Waals surface area contributed by atoms with Gasteiger partial charge < -0.3 is 4.52 Å². The molecule has 3 rings (SSSR count). The summed E-state index contributed by atoms with van der Waals surface area (Å²) in [5.74, 6) is 1.94. The summed E-state index contributed by atoms with van der Waals surface area (Å²) in [5, 5.41) is 7.45. The molecule has 132 valence electrons. The van der Waals surface area contributed by atoms with Crippen molar-refractivity contribution in [3.63, 3.8) is 0 Å². The van der Waals surface area contributed by atoms with Crippen LogP contribution in [-0.2, 0) is 13.1 Å². The number of aryl methyl sites for hydroxylation is 1. The van der Waals surface area contributed by atoms with Crippen molar-refractivity contribution in [3.8, 4) is 0 Å². The molecular formula is C17H27N5OS. The Morgan fingerprint density at radius 3 is 2.92 bits per heavy atom. The summed E-state index contributed by atoms with van der Waals surface area (Å²) in [6, 6.07) is 0.552. The Labute approximate surface area is 147 Å². The maximum absolute atomic E-state index is 5.08. The minimum atomic E-state index is 0.512. The van der Waals surface area contributed by atoms with Crippen molar-refractivity contribution < 1.29 is 4.52 Å². The lowest BCUT2D eigenvalue weighted by Gasteiger charge is -2.36. The number of hydrogen-bond acceptors (Lipinski definition) is 7. The third-order valence-electron chi connectivity index (χ3n) is 4.51. The lowest BCUT2D eigenvalue weighted by Crippen LogP contribution is -2.45. The van der Waals surface area contributed by atoms with Crippen molar-refractivity contribution in [2.75, 3.05) is 20.1 Å². The van der Waals surface area contributed by atoms with Gasteiger partial charge in [-0.1, -0.05) is 19.0 Å². The van der Waals surface area contributed by atoms with Gasteiger partial charge in [0.1, 0.15) is 0 Å². The van der Waals surface area contributed by atoms with Gasteiger partial charge in [-0.25, -0.2) is 4.98 Å². The molecule has 0 bridgehead atoms. The maximum atomic E-state index is 5.08. The van der Waals surface area contributed by atoms with E-state index in [1.54, 1.807) is 11.3 Å². The highest BCUT2D eigenvalue weighted by Crippen LogP contribution is 2.22. The first kappa shape index (κ1) is 17.5. The van der Waals surface area contributed by atoms with E-state index in [-0.39, 0.29) is 0 Å². The number of piperidine rings is 1. The van der Waals surface area contributed by atoms with Gasteiger partial charge in [0.25, 0.3) is 0 Å². The van der Waals surface area contributed by atoms with Crippen molar-refractivity contribution in [1.29, 1.82) is 0 Å². The highest BCUT2D eigenvalue weighted by Gasteiger charge is 2.24. The van der Waals surface area contributed by atoms with Crippen molar-refractivity contribution in [1.82, 2.24) is 24.9 Å². The summed E-state index contributed by atoms with van der Waals surface area (Å²) < 4.78 is 5.08. The van der Waals surface area contributed by atoms with Crippen LogP contribution >= 0.6 is 11.3 Å². The largest absolute Gasteiger partial charge is 0.340 e. The number of aromatic nitrogens is 3. The van der Waals surface area contributed by atoms with Gasteiger partial charge in [0.05, 0.1) is 17.2 Å². The molecule has 0 spiro atoms. The molecule has 1 aliphatic rings. The Bertz CT molecular complexity index is 653. The summed E-state index contributed by atoms with van der Waals surface area (Å²) in [4.78, 5) is 13.9. The molecule has 7 heteroatoms. The molecule has 0 aliphatic carbocycles. The van der Waals surface area contributed by atoms with Gasteiger partial charge in [0.15, 0.2) is 5.82 Å². The van der Waals surface area contributed by atoms with E-state index in [0.717, 1.165) is 32.0 Å². The predicted octanol–water partition coefficient (Wildman–Crippen LogP) is 3.05. The fourth-order valence-corrected chi connectivity index (χ4v) is 4.01. The molecule has 0 N–H and O–H groups in total. The first-order chi connectivity index (χ1) is 11.5. The molecule has 1 unspecified atom stereocenters. The molecule has 1 aliphatic heterocycles. The summed E-state index contributed by atoms with van der Waals surface area (Å²) in [6.07, 6.45) is 2.44. The number of likely N-dealkylation sites (tertiary alicyclic amines) is 1. The van der Waals surface area contributed by atoms with E-state index in [1.165, 1.54) is 23.5 Å². The van der Waals surface area contributed by atoms with Gasteiger partial charge in [-0.15, -0.1) is 11.3 Å². The predicted molar refractivity (Wildman–Crippen MR) is 95.0 cm³/mol. The van der Waals surface area contributed by atoms with Gasteiger partial charge in [-0.3, -0.25) is 9.80 Å². The molecule has 0 radical (unpaired) electrons. The summed E-state index contributed by atoms with van der Waals surface area (Å²) >= 11 is 1.78. The van der Waals surface area contributed by atoms with Gasteiger partial charge >= 0.3 is 0 Å². The van der Waals surface area contributed by atoms with Crippen molar-refractivity contribution in [2.45, 2.75) is 58.7 Å². The number of nitrogens with zero attached hydrogens (tertiary/aromatic N) is 5. The molecule has 24 heavy (non-hydrogen) atoms. The molecule has 0 saturated carbocycles. The van der Waals surface area contributed by atoms with Crippen LogP contribution in [0.1, 0.15) is 55.0 Å². The zero-order valence-electron chi connectivity index (χ0n) is 15.0. The third-order valence-corrected chi connectivity index (χ3v) is 5.71. The van der Waals surface area contributed by atoms with E-state index >= 15 is 0 Å². The molecule has 0 aromatic carbocycles. The summed E-state index contributed by atoms with van der Waals surface area (Å²) in [7, 11) is 2.21. The van der Waals surface area contributed by atoms with Gasteiger partial charge in [0, 0.05) is 37.4 Å². The lowest BCUT2D eigenvalue weighted by molar-refractivity contribution is 0.104. The first-order valence-corrected chi connectivity index (χ1v) is 9.55. The van der Waals surface area contributed by atoms with E-state index in [9.17, 15) is 0 Å². The highest BCUT2D eigenvalue weighted by molar-refractivity contribution is 7.09. The quantitative estimate of drug-likeness (QED) is 0.799. The molecule has 2 aromatic heterocycles. The SMILES string of the molecule is Cc1nc(CN2CCCC(N(C)Cc3csc(C(C)C)n3)C2)no1. The van der Waals surface area contributed by atoms with Gasteiger partial charge in [-0.05, 0) is 26.4 Å². The Kier molecular flexibility index (Phi) is 5.63. The van der Waals surface area contributed by atoms with E-state index in [0.29, 0.717) is 17.9 Å². The Hall–Kier alpha value is -1.31. The van der Waals surface area contributed by atoms with Crippen LogP contribution in [0.5, 0.6) is 0 Å². The fourth-order valence-electron chi connectivity index (χ4n) is 3.19. The van der Waals surface area contributed by atoms with Crippen LogP contribution in [0.2, 0.25) is 0 Å². The standard InChI is InChI=1S/C17H27N5OS/c1-12(2)17-19-14(11-24-17)8-21(4)15-6-5-7-22(9-15)10-16-18-13(3)23-20-16/h11-12,15H,5-10H2,1-4H3. The number of likely N-dealkylation sites (N-methyl/N-ethyl adjacent to an activating group) is 1. The first-order valence-electron chi connectivity index (χ1n) is 8.67. The summed E-state index contributed by atoms with van der Waals surface area (Å²) in [5.41, 5.74) is 1.19. The second-order valence-electron chi connectivity index (χ2n) is 7.01. The second-order valence-corrected chi connectivity index (χ2v) is 7.90. The Morgan fingerprint density at radius 1 is 1.42 bits per heavy atom. The topological polar surface area (TPSA) is 58.3 Å². The number of thiazole rings is 1. The van der Waals surface area contributed by atoms with E-state index < -0.39 is 0 Å². The van der Waals surface area contributed by atoms with E-state index in [4.69, 9.17) is 9.51 Å². The zero-order chi connectivity index (χ0) is 17.1. The zero-order valence-corrected chi connectivity index (χ0v) is 15.8. The molecule has 0 amide bonds. The average molecular weight is 350 g/mol. The normalized spacial score (nSPS) is 19.5. The Morgan fingerprint density at radius 2 is 2.25 bits per heavy atom. The van der Waals surface area contributed by atoms with Gasteiger partial charge in [0.2, 0.25) is 5.89 Å². The van der Waals surface area contributed by atoms with Crippen LogP contribution in [0.4, 0.5) is 0 Å². The van der Waals surface area contributed by atoms with Crippen LogP contribution in [-0.4, -0.2) is 51.1 Å². The summed E-state index contributed by atoms with van der Waals surface area (Å²) in [6.45, 7) is 10.1. The number of hydrogen-bond donors (Lipinski definition) is 0. The van der Waals surface area contributed by atoms with E-state index in [2.05, 4.69) is 46.2 Å². The van der Waals surface area contributed by atoms with Crippen LogP contribution in [0.25, 0.3) is 0 Å². The minimum absolute atomic E-state index is 0.512. The number of rotatable bonds is 6. The van der Waals surface area contributed by atoms with Gasteiger partial charge in [-0.2, -0.15) is 4.98 Å². The van der Waals surface area contributed by atoms with Crippen molar-refractivity contribution in [2.24, 2.45) is 0 Å². The maximum Gasteiger partial charge on any atom is 0.223 e. The monoisotopic (exact) mass is 349 g/mol. The minimum Gasteiger partial charge on any atom is -0.340 e. The molecule has 3 heterocycles. The second kappa shape index (κ2) is 7.72. The Balaban J connectivity index is 1.55. The lowest BCUT2D eigenvalue weighted by atomic mass is 10.0. The van der Waals surface area contributed by atoms with Crippen LogP contribution < -0.4 is 0 Å². The fraction of sp³-hybridized carbons (Fsp3) is 0.706. The van der Waals surface area contributed by atoms with Crippen molar-refractivity contribution >= 4 is 11.3 Å². The molecule has 1 fully saturated rings.